The second-order valence-electron chi connectivity index (χ2n) is 4.10. The summed E-state index contributed by atoms with van der Waals surface area (Å²) in [6.45, 7) is 0.878. The second-order valence-corrected chi connectivity index (χ2v) is 4.37. The van der Waals surface area contributed by atoms with Gasteiger partial charge in [-0.15, -0.1) is 11.6 Å². The molecule has 0 aromatic rings. The van der Waals surface area contributed by atoms with E-state index in [0.717, 1.165) is 25.8 Å². The molecule has 0 aromatic heterocycles. The number of likely N-dealkylation sites (tertiary alicyclic amines) is 1. The van der Waals surface area contributed by atoms with Gasteiger partial charge in [-0.25, -0.2) is 0 Å². The van der Waals surface area contributed by atoms with Crippen molar-refractivity contribution in [3.63, 3.8) is 0 Å². The van der Waals surface area contributed by atoms with E-state index in [1.54, 1.807) is 7.11 Å². The molecule has 80 valence electrons. The molecule has 14 heavy (non-hydrogen) atoms. The van der Waals surface area contributed by atoms with Crippen molar-refractivity contribution in [2.75, 3.05) is 19.5 Å². The number of carbonyl (C=O) groups excluding carboxylic acids is 1. The van der Waals surface area contributed by atoms with Gasteiger partial charge in [-0.2, -0.15) is 0 Å². The molecular weight excluding hydrogens is 202 g/mol. The van der Waals surface area contributed by atoms with E-state index < -0.39 is 0 Å². The molecule has 1 heterocycles. The average Bonchev–Trinajstić information content (AvgIpc) is 2.85. The molecule has 3 unspecified atom stereocenters. The summed E-state index contributed by atoms with van der Waals surface area (Å²) < 4.78 is 5.28. The summed E-state index contributed by atoms with van der Waals surface area (Å²) in [6.07, 6.45) is 3.71. The Labute approximate surface area is 89.4 Å². The molecule has 1 saturated heterocycles. The SMILES string of the molecule is COC1CC1C1CCCN1C(=O)CCl. The monoisotopic (exact) mass is 217 g/mol. The molecule has 2 fully saturated rings. The molecule has 0 aromatic carbocycles. The Kier molecular flexibility index (Phi) is 2.98. The van der Waals surface area contributed by atoms with E-state index in [9.17, 15) is 4.79 Å². The van der Waals surface area contributed by atoms with Gasteiger partial charge in [0.25, 0.3) is 0 Å². The van der Waals surface area contributed by atoms with Crippen LogP contribution in [0.2, 0.25) is 0 Å². The van der Waals surface area contributed by atoms with Crippen LogP contribution in [0, 0.1) is 5.92 Å². The molecule has 3 atom stereocenters. The van der Waals surface area contributed by atoms with E-state index in [1.807, 2.05) is 4.90 Å². The number of amides is 1. The number of alkyl halides is 1. The Morgan fingerprint density at radius 2 is 2.43 bits per heavy atom. The molecule has 0 radical (unpaired) electrons. The predicted molar refractivity (Wildman–Crippen MR) is 54.4 cm³/mol. The standard InChI is InChI=1S/C10H16ClNO2/c1-14-9-5-7(9)8-3-2-4-12(8)10(13)6-11/h7-9H,2-6H2,1H3. The van der Waals surface area contributed by atoms with Gasteiger partial charge in [-0.3, -0.25) is 4.79 Å². The van der Waals surface area contributed by atoms with Crippen molar-refractivity contribution >= 4 is 17.5 Å². The molecule has 4 heteroatoms. The maximum atomic E-state index is 11.5. The van der Waals surface area contributed by atoms with E-state index >= 15 is 0 Å². The summed E-state index contributed by atoms with van der Waals surface area (Å²) in [5.41, 5.74) is 0. The highest BCUT2D eigenvalue weighted by atomic mass is 35.5. The van der Waals surface area contributed by atoms with Crippen molar-refractivity contribution in [3.05, 3.63) is 0 Å². The minimum Gasteiger partial charge on any atom is -0.381 e. The number of hydrogen-bond acceptors (Lipinski definition) is 2. The van der Waals surface area contributed by atoms with Gasteiger partial charge in [0.2, 0.25) is 5.91 Å². The van der Waals surface area contributed by atoms with E-state index in [0.29, 0.717) is 18.1 Å². The first-order valence-electron chi connectivity index (χ1n) is 5.16. The summed E-state index contributed by atoms with van der Waals surface area (Å²) in [5, 5.41) is 0. The highest BCUT2D eigenvalue weighted by Crippen LogP contribution is 2.42. The average molecular weight is 218 g/mol. The molecule has 2 aliphatic rings. The lowest BCUT2D eigenvalue weighted by molar-refractivity contribution is -0.129. The maximum absolute atomic E-state index is 11.5. The van der Waals surface area contributed by atoms with Gasteiger partial charge in [-0.05, 0) is 19.3 Å². The number of ether oxygens (including phenoxy) is 1. The highest BCUT2D eigenvalue weighted by molar-refractivity contribution is 6.27. The molecule has 1 saturated carbocycles. The van der Waals surface area contributed by atoms with Gasteiger partial charge in [0.1, 0.15) is 5.88 Å². The lowest BCUT2D eigenvalue weighted by Crippen LogP contribution is -2.38. The zero-order chi connectivity index (χ0) is 10.1. The van der Waals surface area contributed by atoms with Crippen LogP contribution in [0.25, 0.3) is 0 Å². The van der Waals surface area contributed by atoms with Crippen LogP contribution in [0.3, 0.4) is 0 Å². The molecule has 1 amide bonds. The normalized spacial score (nSPS) is 36.1. The van der Waals surface area contributed by atoms with Crippen LogP contribution in [0.1, 0.15) is 19.3 Å². The lowest BCUT2D eigenvalue weighted by atomic mass is 10.1. The molecule has 0 spiro atoms. The van der Waals surface area contributed by atoms with E-state index in [1.165, 1.54) is 0 Å². The van der Waals surface area contributed by atoms with Crippen LogP contribution in [0.15, 0.2) is 0 Å². The number of methoxy groups -OCH3 is 1. The van der Waals surface area contributed by atoms with Crippen LogP contribution < -0.4 is 0 Å². The number of halogens is 1. The molecule has 2 rings (SSSR count). The number of nitrogens with zero attached hydrogens (tertiary/aromatic N) is 1. The minimum atomic E-state index is 0.0796. The molecule has 3 nitrogen and oxygen atoms in total. The van der Waals surface area contributed by atoms with E-state index in [-0.39, 0.29) is 11.8 Å². The Hall–Kier alpha value is -0.280. The zero-order valence-electron chi connectivity index (χ0n) is 8.41. The van der Waals surface area contributed by atoms with Crippen molar-refractivity contribution in [1.29, 1.82) is 0 Å². The highest BCUT2D eigenvalue weighted by Gasteiger charge is 2.48. The van der Waals surface area contributed by atoms with E-state index in [2.05, 4.69) is 0 Å². The van der Waals surface area contributed by atoms with E-state index in [4.69, 9.17) is 16.3 Å². The van der Waals surface area contributed by atoms with Gasteiger partial charge >= 0.3 is 0 Å². The van der Waals surface area contributed by atoms with Crippen molar-refractivity contribution in [1.82, 2.24) is 4.90 Å². The van der Waals surface area contributed by atoms with Gasteiger partial charge in [0, 0.05) is 25.6 Å². The quantitative estimate of drug-likeness (QED) is 0.666. The Bertz CT molecular complexity index is 234. The molecule has 1 aliphatic carbocycles. The first-order valence-corrected chi connectivity index (χ1v) is 5.69. The maximum Gasteiger partial charge on any atom is 0.237 e. The Balaban J connectivity index is 1.94. The first kappa shape index (κ1) is 10.2. The van der Waals surface area contributed by atoms with Crippen molar-refractivity contribution < 1.29 is 9.53 Å². The van der Waals surface area contributed by atoms with Gasteiger partial charge in [-0.1, -0.05) is 0 Å². The van der Waals surface area contributed by atoms with Crippen LogP contribution >= 0.6 is 11.6 Å². The van der Waals surface area contributed by atoms with Crippen molar-refractivity contribution in [2.24, 2.45) is 5.92 Å². The third-order valence-corrected chi connectivity index (χ3v) is 3.54. The smallest absolute Gasteiger partial charge is 0.237 e. The third-order valence-electron chi connectivity index (χ3n) is 3.31. The van der Waals surface area contributed by atoms with Crippen LogP contribution in [0.5, 0.6) is 0 Å². The second kappa shape index (κ2) is 4.07. The number of rotatable bonds is 3. The summed E-state index contributed by atoms with van der Waals surface area (Å²) in [6, 6.07) is 0.395. The van der Waals surface area contributed by atoms with Crippen LogP contribution in [-0.2, 0) is 9.53 Å². The van der Waals surface area contributed by atoms with Gasteiger partial charge in [0.15, 0.2) is 0 Å². The van der Waals surface area contributed by atoms with Gasteiger partial charge < -0.3 is 9.64 Å². The Morgan fingerprint density at radius 1 is 1.64 bits per heavy atom. The predicted octanol–water partition coefficient (Wildman–Crippen LogP) is 1.25. The Morgan fingerprint density at radius 3 is 3.00 bits per heavy atom. The fourth-order valence-corrected chi connectivity index (χ4v) is 2.64. The zero-order valence-corrected chi connectivity index (χ0v) is 9.17. The summed E-state index contributed by atoms with van der Waals surface area (Å²) in [5.74, 6) is 0.756. The minimum absolute atomic E-state index is 0.0796. The molecular formula is C10H16ClNO2. The number of hydrogen-bond donors (Lipinski definition) is 0. The largest absolute Gasteiger partial charge is 0.381 e. The van der Waals surface area contributed by atoms with Crippen molar-refractivity contribution in [3.8, 4) is 0 Å². The topological polar surface area (TPSA) is 29.5 Å². The first-order chi connectivity index (χ1) is 6.77. The fraction of sp³-hybridized carbons (Fsp3) is 0.900. The fourth-order valence-electron chi connectivity index (χ4n) is 2.49. The summed E-state index contributed by atoms with van der Waals surface area (Å²) >= 11 is 5.57. The van der Waals surface area contributed by atoms with Crippen molar-refractivity contribution in [2.45, 2.75) is 31.4 Å². The third kappa shape index (κ3) is 1.75. The van der Waals surface area contributed by atoms with Gasteiger partial charge in [0.05, 0.1) is 6.10 Å². The number of carbonyl (C=O) groups is 1. The molecule has 0 N–H and O–H groups in total. The van der Waals surface area contributed by atoms with Crippen LogP contribution in [-0.4, -0.2) is 42.5 Å². The van der Waals surface area contributed by atoms with Crippen LogP contribution in [0.4, 0.5) is 0 Å². The lowest BCUT2D eigenvalue weighted by Gasteiger charge is -2.23. The molecule has 0 bridgehead atoms. The molecule has 1 aliphatic heterocycles. The summed E-state index contributed by atoms with van der Waals surface area (Å²) in [4.78, 5) is 13.4. The summed E-state index contributed by atoms with van der Waals surface area (Å²) in [7, 11) is 1.74.